The summed E-state index contributed by atoms with van der Waals surface area (Å²) >= 11 is 0. The number of aliphatic hydroxyl groups is 2. The van der Waals surface area contributed by atoms with Crippen molar-refractivity contribution in [2.75, 3.05) is 13.7 Å². The van der Waals surface area contributed by atoms with Crippen molar-refractivity contribution in [3.63, 3.8) is 0 Å². The second-order valence-electron chi connectivity index (χ2n) is 3.70. The first-order valence-electron chi connectivity index (χ1n) is 4.71. The summed E-state index contributed by atoms with van der Waals surface area (Å²) in [6.07, 6.45) is 0.303. The Morgan fingerprint density at radius 1 is 1.67 bits per heavy atom. The van der Waals surface area contributed by atoms with E-state index in [1.807, 2.05) is 0 Å². The van der Waals surface area contributed by atoms with Crippen LogP contribution in [0, 0.1) is 16.0 Å². The van der Waals surface area contributed by atoms with Gasteiger partial charge in [0.2, 0.25) is 5.79 Å². The maximum absolute atomic E-state index is 10.2. The van der Waals surface area contributed by atoms with Gasteiger partial charge >= 0.3 is 0 Å². The minimum absolute atomic E-state index is 0.0182. The molecule has 15 heavy (non-hydrogen) atoms. The van der Waals surface area contributed by atoms with Crippen molar-refractivity contribution in [2.45, 2.75) is 31.2 Å². The molecule has 3 atom stereocenters. The van der Waals surface area contributed by atoms with Gasteiger partial charge in [0, 0.05) is 20.1 Å². The number of hydrogen-bond donors (Lipinski definition) is 2. The van der Waals surface area contributed by atoms with Crippen LogP contribution in [-0.2, 0) is 9.57 Å². The molecule has 0 amide bonds. The van der Waals surface area contributed by atoms with E-state index in [4.69, 9.17) is 9.84 Å². The molecular formula is C8H15NO6. The van der Waals surface area contributed by atoms with Crippen LogP contribution in [0.15, 0.2) is 0 Å². The molecule has 1 fully saturated rings. The fraction of sp³-hybridized carbons (Fsp3) is 1.00. The van der Waals surface area contributed by atoms with Gasteiger partial charge in [0.15, 0.2) is 0 Å². The molecule has 0 aromatic heterocycles. The van der Waals surface area contributed by atoms with Crippen molar-refractivity contribution in [1.82, 2.24) is 0 Å². The summed E-state index contributed by atoms with van der Waals surface area (Å²) in [5, 5.41) is 27.8. The van der Waals surface area contributed by atoms with Crippen LogP contribution in [0.1, 0.15) is 19.3 Å². The summed E-state index contributed by atoms with van der Waals surface area (Å²) < 4.78 is 4.94. The van der Waals surface area contributed by atoms with Crippen LogP contribution in [0.25, 0.3) is 0 Å². The van der Waals surface area contributed by atoms with E-state index in [0.29, 0.717) is 12.8 Å². The van der Waals surface area contributed by atoms with Crippen molar-refractivity contribution < 1.29 is 24.9 Å². The molecule has 0 aliphatic heterocycles. The van der Waals surface area contributed by atoms with E-state index in [9.17, 15) is 15.2 Å². The molecule has 0 aromatic rings. The lowest BCUT2D eigenvalue weighted by atomic mass is 10.0. The Kier molecular flexibility index (Phi) is 3.83. The maximum Gasteiger partial charge on any atom is 0.297 e. The molecule has 3 unspecified atom stereocenters. The van der Waals surface area contributed by atoms with Crippen LogP contribution in [0.4, 0.5) is 0 Å². The standard InChI is InChI=1S/C8H15NO6/c1-14-7-4-6(2-3-10)5-8(7,11)15-9(12)13/h6-7,10-11H,2-5H2,1H3. The second-order valence-corrected chi connectivity index (χ2v) is 3.70. The van der Waals surface area contributed by atoms with Gasteiger partial charge in [-0.15, -0.1) is 10.1 Å². The second kappa shape index (κ2) is 4.73. The van der Waals surface area contributed by atoms with Crippen LogP contribution >= 0.6 is 0 Å². The van der Waals surface area contributed by atoms with Gasteiger partial charge in [-0.3, -0.25) is 4.84 Å². The molecule has 0 bridgehead atoms. The average Bonchev–Trinajstić information content (AvgIpc) is 2.41. The van der Waals surface area contributed by atoms with Crippen LogP contribution < -0.4 is 0 Å². The number of rotatable bonds is 5. The molecule has 0 heterocycles. The Morgan fingerprint density at radius 2 is 2.33 bits per heavy atom. The highest BCUT2D eigenvalue weighted by molar-refractivity contribution is 4.90. The molecule has 7 nitrogen and oxygen atoms in total. The van der Waals surface area contributed by atoms with E-state index < -0.39 is 17.0 Å². The Balaban J connectivity index is 2.65. The molecule has 1 saturated carbocycles. The average molecular weight is 221 g/mol. The van der Waals surface area contributed by atoms with E-state index >= 15 is 0 Å². The molecule has 0 aromatic carbocycles. The first-order chi connectivity index (χ1) is 7.01. The highest BCUT2D eigenvalue weighted by Crippen LogP contribution is 2.39. The molecule has 1 aliphatic carbocycles. The highest BCUT2D eigenvalue weighted by atomic mass is 17.0. The smallest absolute Gasteiger partial charge is 0.297 e. The number of ether oxygens (including phenoxy) is 1. The Hall–Kier alpha value is -0.920. The summed E-state index contributed by atoms with van der Waals surface area (Å²) in [5.41, 5.74) is 0. The number of nitrogens with zero attached hydrogens (tertiary/aromatic N) is 1. The molecule has 1 aliphatic rings. The Labute approximate surface area is 86.7 Å². The molecule has 0 saturated heterocycles. The van der Waals surface area contributed by atoms with E-state index in [-0.39, 0.29) is 18.9 Å². The quantitative estimate of drug-likeness (QED) is 0.375. The largest absolute Gasteiger partial charge is 0.396 e. The van der Waals surface area contributed by atoms with Gasteiger partial charge in [0.1, 0.15) is 6.10 Å². The SMILES string of the molecule is COC1CC(CCO)CC1(O)O[N+](=O)[O-]. The zero-order valence-electron chi connectivity index (χ0n) is 8.46. The van der Waals surface area contributed by atoms with E-state index in [1.54, 1.807) is 0 Å². The lowest BCUT2D eigenvalue weighted by Gasteiger charge is -2.25. The van der Waals surface area contributed by atoms with Crippen LogP contribution in [0.5, 0.6) is 0 Å². The minimum atomic E-state index is -1.88. The third-order valence-electron chi connectivity index (χ3n) is 2.69. The van der Waals surface area contributed by atoms with Crippen LogP contribution in [-0.4, -0.2) is 40.9 Å². The molecular weight excluding hydrogens is 206 g/mol. The molecule has 88 valence electrons. The van der Waals surface area contributed by atoms with Gasteiger partial charge < -0.3 is 14.9 Å². The summed E-state index contributed by atoms with van der Waals surface area (Å²) in [6, 6.07) is 0. The predicted octanol–water partition coefficient (Wildman–Crippen LogP) is -0.309. The summed E-state index contributed by atoms with van der Waals surface area (Å²) in [7, 11) is 1.36. The van der Waals surface area contributed by atoms with Gasteiger partial charge in [-0.1, -0.05) is 0 Å². The van der Waals surface area contributed by atoms with Crippen molar-refractivity contribution >= 4 is 0 Å². The van der Waals surface area contributed by atoms with Crippen LogP contribution in [0.3, 0.4) is 0 Å². The molecule has 2 N–H and O–H groups in total. The topological polar surface area (TPSA) is 102 Å². The van der Waals surface area contributed by atoms with Gasteiger partial charge in [-0.25, -0.2) is 0 Å². The maximum atomic E-state index is 10.2. The Morgan fingerprint density at radius 3 is 2.80 bits per heavy atom. The first-order valence-corrected chi connectivity index (χ1v) is 4.71. The first kappa shape index (κ1) is 12.2. The number of methoxy groups -OCH3 is 1. The van der Waals surface area contributed by atoms with Crippen molar-refractivity contribution in [3.05, 3.63) is 10.1 Å². The normalized spacial score (nSPS) is 35.4. The molecule has 7 heteroatoms. The zero-order chi connectivity index (χ0) is 11.5. The fourth-order valence-corrected chi connectivity index (χ4v) is 2.02. The van der Waals surface area contributed by atoms with Crippen molar-refractivity contribution in [1.29, 1.82) is 0 Å². The molecule has 0 spiro atoms. The van der Waals surface area contributed by atoms with E-state index in [2.05, 4.69) is 4.84 Å². The molecule has 1 rings (SSSR count). The van der Waals surface area contributed by atoms with Gasteiger partial charge in [-0.05, 0) is 18.8 Å². The molecule has 0 radical (unpaired) electrons. The highest BCUT2D eigenvalue weighted by Gasteiger charge is 2.49. The summed E-state index contributed by atoms with van der Waals surface area (Å²) in [5.74, 6) is -1.90. The van der Waals surface area contributed by atoms with E-state index in [1.165, 1.54) is 7.11 Å². The number of aliphatic hydroxyl groups excluding tert-OH is 1. The fourth-order valence-electron chi connectivity index (χ4n) is 2.02. The van der Waals surface area contributed by atoms with Gasteiger partial charge in [0.25, 0.3) is 5.09 Å². The Bertz CT molecular complexity index is 235. The third kappa shape index (κ3) is 2.77. The van der Waals surface area contributed by atoms with Crippen molar-refractivity contribution in [3.8, 4) is 0 Å². The summed E-state index contributed by atoms with van der Waals surface area (Å²) in [4.78, 5) is 14.5. The number of hydrogen-bond acceptors (Lipinski definition) is 6. The van der Waals surface area contributed by atoms with Gasteiger partial charge in [0.05, 0.1) is 0 Å². The van der Waals surface area contributed by atoms with Crippen molar-refractivity contribution in [2.24, 2.45) is 5.92 Å². The van der Waals surface area contributed by atoms with Gasteiger partial charge in [-0.2, -0.15) is 0 Å². The zero-order valence-corrected chi connectivity index (χ0v) is 8.46. The minimum Gasteiger partial charge on any atom is -0.396 e. The lowest BCUT2D eigenvalue weighted by molar-refractivity contribution is -0.798. The lowest BCUT2D eigenvalue weighted by Crippen LogP contribution is -2.43. The van der Waals surface area contributed by atoms with Crippen LogP contribution in [0.2, 0.25) is 0 Å². The van der Waals surface area contributed by atoms with E-state index in [0.717, 1.165) is 0 Å². The summed E-state index contributed by atoms with van der Waals surface area (Å²) in [6.45, 7) is -0.0182. The predicted molar refractivity (Wildman–Crippen MR) is 48.3 cm³/mol. The third-order valence-corrected chi connectivity index (χ3v) is 2.69. The monoisotopic (exact) mass is 221 g/mol.